The van der Waals surface area contributed by atoms with Crippen molar-refractivity contribution in [1.29, 1.82) is 0 Å². The molecule has 2 aliphatic rings. The quantitative estimate of drug-likeness (QED) is 0.418. The van der Waals surface area contributed by atoms with Crippen LogP contribution >= 0.6 is 24.0 Å². The van der Waals surface area contributed by atoms with Crippen LogP contribution in [-0.4, -0.2) is 36.9 Å². The number of aliphatic imine (C=N–C) groups is 1. The number of hydrogen-bond acceptors (Lipinski definition) is 3. The molecule has 2 fully saturated rings. The minimum absolute atomic E-state index is 0. The van der Waals surface area contributed by atoms with E-state index in [0.29, 0.717) is 19.6 Å². The van der Waals surface area contributed by atoms with Gasteiger partial charge in [-0.15, -0.1) is 24.0 Å². The van der Waals surface area contributed by atoms with Crippen molar-refractivity contribution in [3.05, 3.63) is 29.8 Å². The van der Waals surface area contributed by atoms with Crippen molar-refractivity contribution in [3.8, 4) is 0 Å². The molecule has 1 aliphatic heterocycles. The zero-order valence-electron chi connectivity index (χ0n) is 13.4. The van der Waals surface area contributed by atoms with Crippen LogP contribution in [0.25, 0.3) is 0 Å². The van der Waals surface area contributed by atoms with Gasteiger partial charge in [0.2, 0.25) is 0 Å². The molecule has 1 aromatic rings. The molecule has 0 bridgehead atoms. The van der Waals surface area contributed by atoms with E-state index in [1.807, 2.05) is 6.92 Å². The first-order chi connectivity index (χ1) is 11.0. The highest BCUT2D eigenvalue weighted by Crippen LogP contribution is 2.47. The van der Waals surface area contributed by atoms with Gasteiger partial charge in [-0.1, -0.05) is 0 Å². The number of anilines is 1. The van der Waals surface area contributed by atoms with Gasteiger partial charge in [-0.25, -0.2) is 13.8 Å². The second kappa shape index (κ2) is 7.92. The zero-order valence-corrected chi connectivity index (χ0v) is 15.8. The van der Waals surface area contributed by atoms with Crippen LogP contribution < -0.4 is 11.1 Å². The monoisotopic (exact) mass is 453 g/mol. The summed E-state index contributed by atoms with van der Waals surface area (Å²) >= 11 is 0. The Hall–Kier alpha value is -1.00. The number of nitrogens with zero attached hydrogens (tertiary/aromatic N) is 1. The Kier molecular flexibility index (Phi) is 6.38. The Bertz CT molecular complexity index is 609. The van der Waals surface area contributed by atoms with Crippen molar-refractivity contribution in [3.63, 3.8) is 0 Å². The first-order valence-electron chi connectivity index (χ1n) is 7.86. The molecular weight excluding hydrogens is 431 g/mol. The van der Waals surface area contributed by atoms with Gasteiger partial charge in [-0.3, -0.25) is 0 Å². The van der Waals surface area contributed by atoms with E-state index < -0.39 is 17.2 Å². The van der Waals surface area contributed by atoms with Crippen LogP contribution in [0.4, 0.5) is 14.5 Å². The maximum atomic E-state index is 13.6. The van der Waals surface area contributed by atoms with Gasteiger partial charge in [0, 0.05) is 25.7 Å². The predicted molar refractivity (Wildman–Crippen MR) is 98.8 cm³/mol. The minimum Gasteiger partial charge on any atom is -0.375 e. The molecule has 0 aromatic heterocycles. The molecule has 1 spiro atoms. The van der Waals surface area contributed by atoms with Gasteiger partial charge in [-0.05, 0) is 31.9 Å². The predicted octanol–water partition coefficient (Wildman–Crippen LogP) is 3.04. The lowest BCUT2D eigenvalue weighted by Crippen LogP contribution is -2.63. The summed E-state index contributed by atoms with van der Waals surface area (Å²) in [5, 5.41) is 2.62. The second-order valence-corrected chi connectivity index (χ2v) is 5.87. The summed E-state index contributed by atoms with van der Waals surface area (Å²) in [6.45, 7) is 3.25. The Morgan fingerprint density at radius 2 is 2.29 bits per heavy atom. The average Bonchev–Trinajstić information content (AvgIpc) is 3.03. The van der Waals surface area contributed by atoms with Gasteiger partial charge in [0.05, 0.1) is 17.8 Å². The van der Waals surface area contributed by atoms with E-state index in [4.69, 9.17) is 15.2 Å². The second-order valence-electron chi connectivity index (χ2n) is 5.87. The SMILES string of the molecule is CCOC1CC(N=C(N)Nc2cc(F)ccc2F)C12CCCO2.I. The van der Waals surface area contributed by atoms with E-state index in [-0.39, 0.29) is 47.8 Å². The number of nitrogens with two attached hydrogens (primary N) is 1. The fraction of sp³-hybridized carbons (Fsp3) is 0.562. The molecule has 0 radical (unpaired) electrons. The lowest BCUT2D eigenvalue weighted by molar-refractivity contribution is -0.188. The van der Waals surface area contributed by atoms with Crippen molar-refractivity contribution in [1.82, 2.24) is 0 Å². The van der Waals surface area contributed by atoms with Gasteiger partial charge in [-0.2, -0.15) is 0 Å². The van der Waals surface area contributed by atoms with Crippen molar-refractivity contribution in [2.75, 3.05) is 18.5 Å². The van der Waals surface area contributed by atoms with Gasteiger partial charge >= 0.3 is 0 Å². The number of halogens is 3. The van der Waals surface area contributed by atoms with Gasteiger partial charge < -0.3 is 20.5 Å². The van der Waals surface area contributed by atoms with E-state index in [1.165, 1.54) is 0 Å². The molecule has 3 unspecified atom stereocenters. The fourth-order valence-corrected chi connectivity index (χ4v) is 3.36. The Labute approximate surface area is 157 Å². The summed E-state index contributed by atoms with van der Waals surface area (Å²) in [5.74, 6) is -1.08. The summed E-state index contributed by atoms with van der Waals surface area (Å²) in [4.78, 5) is 4.41. The van der Waals surface area contributed by atoms with E-state index >= 15 is 0 Å². The number of ether oxygens (including phenoxy) is 2. The lowest BCUT2D eigenvalue weighted by Gasteiger charge is -2.50. The number of benzene rings is 1. The summed E-state index contributed by atoms with van der Waals surface area (Å²) in [7, 11) is 0. The Morgan fingerprint density at radius 3 is 2.96 bits per heavy atom. The highest BCUT2D eigenvalue weighted by molar-refractivity contribution is 14.0. The number of rotatable bonds is 4. The molecule has 0 amide bonds. The van der Waals surface area contributed by atoms with Crippen LogP contribution in [0.15, 0.2) is 23.2 Å². The van der Waals surface area contributed by atoms with Crippen LogP contribution in [0.5, 0.6) is 0 Å². The third-order valence-corrected chi connectivity index (χ3v) is 4.48. The van der Waals surface area contributed by atoms with Crippen molar-refractivity contribution >= 4 is 35.6 Å². The third kappa shape index (κ3) is 3.65. The van der Waals surface area contributed by atoms with E-state index in [1.54, 1.807) is 0 Å². The molecule has 8 heteroatoms. The molecular formula is C16H22F2IN3O2. The van der Waals surface area contributed by atoms with E-state index in [0.717, 1.165) is 31.0 Å². The molecule has 1 aliphatic carbocycles. The van der Waals surface area contributed by atoms with Gasteiger partial charge in [0.15, 0.2) is 5.96 Å². The molecule has 3 N–H and O–H groups in total. The van der Waals surface area contributed by atoms with Crippen LogP contribution in [-0.2, 0) is 9.47 Å². The first-order valence-corrected chi connectivity index (χ1v) is 7.86. The van der Waals surface area contributed by atoms with Crippen molar-refractivity contribution in [2.45, 2.75) is 43.9 Å². The largest absolute Gasteiger partial charge is 0.375 e. The van der Waals surface area contributed by atoms with Gasteiger partial charge in [0.1, 0.15) is 17.2 Å². The van der Waals surface area contributed by atoms with Gasteiger partial charge in [0.25, 0.3) is 0 Å². The molecule has 1 aromatic carbocycles. The number of hydrogen-bond donors (Lipinski definition) is 2. The molecule has 24 heavy (non-hydrogen) atoms. The molecule has 3 rings (SSSR count). The number of nitrogens with one attached hydrogen (secondary N) is 1. The fourth-order valence-electron chi connectivity index (χ4n) is 3.36. The van der Waals surface area contributed by atoms with Crippen LogP contribution in [0, 0.1) is 11.6 Å². The molecule has 1 saturated heterocycles. The van der Waals surface area contributed by atoms with Crippen LogP contribution in [0.2, 0.25) is 0 Å². The van der Waals surface area contributed by atoms with Crippen LogP contribution in [0.3, 0.4) is 0 Å². The summed E-state index contributed by atoms with van der Waals surface area (Å²) in [5.41, 5.74) is 5.40. The van der Waals surface area contributed by atoms with Crippen molar-refractivity contribution < 1.29 is 18.3 Å². The average molecular weight is 453 g/mol. The zero-order chi connectivity index (χ0) is 16.4. The minimum atomic E-state index is -0.586. The van der Waals surface area contributed by atoms with Crippen molar-refractivity contribution in [2.24, 2.45) is 10.7 Å². The molecule has 134 valence electrons. The summed E-state index contributed by atoms with van der Waals surface area (Å²) < 4.78 is 38.4. The molecule has 1 saturated carbocycles. The first kappa shape index (κ1) is 19.3. The molecule has 1 heterocycles. The normalized spacial score (nSPS) is 29.2. The maximum absolute atomic E-state index is 13.6. The highest BCUT2D eigenvalue weighted by atomic mass is 127. The summed E-state index contributed by atoms with van der Waals surface area (Å²) in [6, 6.07) is 3.00. The Balaban J connectivity index is 0.00000208. The smallest absolute Gasteiger partial charge is 0.193 e. The van der Waals surface area contributed by atoms with E-state index in [9.17, 15) is 8.78 Å². The maximum Gasteiger partial charge on any atom is 0.193 e. The standard InChI is InChI=1S/C16H21F2N3O2.HI/c1-2-22-14-9-13(16(14)6-3-7-23-16)21-15(19)20-12-8-10(17)4-5-11(12)18;/h4-5,8,13-14H,2-3,6-7,9H2,1H3,(H3,19,20,21);1H. The lowest BCUT2D eigenvalue weighted by atomic mass is 9.70. The third-order valence-electron chi connectivity index (χ3n) is 4.48. The van der Waals surface area contributed by atoms with Crippen LogP contribution in [0.1, 0.15) is 26.2 Å². The summed E-state index contributed by atoms with van der Waals surface area (Å²) in [6.07, 6.45) is 2.55. The number of guanidine groups is 1. The Morgan fingerprint density at radius 1 is 1.50 bits per heavy atom. The molecule has 5 nitrogen and oxygen atoms in total. The van der Waals surface area contributed by atoms with E-state index in [2.05, 4.69) is 10.3 Å². The highest BCUT2D eigenvalue weighted by Gasteiger charge is 2.59. The topological polar surface area (TPSA) is 68.9 Å². The molecule has 3 atom stereocenters.